The zero-order chi connectivity index (χ0) is 20.2. The molecule has 0 saturated carbocycles. The van der Waals surface area contributed by atoms with Gasteiger partial charge in [-0.3, -0.25) is 9.59 Å². The summed E-state index contributed by atoms with van der Waals surface area (Å²) < 4.78 is 11.1. The number of ether oxygens (including phenoxy) is 2. The Morgan fingerprint density at radius 2 is 1.59 bits per heavy atom. The van der Waals surface area contributed by atoms with Crippen LogP contribution in [-0.4, -0.2) is 31.1 Å². The molecule has 0 aliphatic carbocycles. The smallest absolute Gasteiger partial charge is 0.265 e. The van der Waals surface area contributed by atoms with Crippen LogP contribution in [0.2, 0.25) is 0 Å². The highest BCUT2D eigenvalue weighted by atomic mass is 16.6. The van der Waals surface area contributed by atoms with Gasteiger partial charge in [0.2, 0.25) is 0 Å². The van der Waals surface area contributed by atoms with Crippen LogP contribution in [0.5, 0.6) is 5.75 Å². The fraction of sp³-hybridized carbons (Fsp3) is 0.167. The second-order valence-corrected chi connectivity index (χ2v) is 6.92. The molecule has 5 nitrogen and oxygen atoms in total. The number of hydrogen-bond donors (Lipinski definition) is 0. The van der Waals surface area contributed by atoms with E-state index in [2.05, 4.69) is 0 Å². The second-order valence-electron chi connectivity index (χ2n) is 6.92. The van der Waals surface area contributed by atoms with Crippen molar-refractivity contribution < 1.29 is 19.1 Å². The van der Waals surface area contributed by atoms with E-state index >= 15 is 0 Å². The lowest BCUT2D eigenvalue weighted by Gasteiger charge is -2.24. The van der Waals surface area contributed by atoms with Gasteiger partial charge in [0.15, 0.2) is 0 Å². The Kier molecular flexibility index (Phi) is 5.40. The van der Waals surface area contributed by atoms with Crippen LogP contribution in [0, 0.1) is 6.92 Å². The molecule has 0 radical (unpaired) electrons. The maximum Gasteiger partial charge on any atom is 0.265 e. The van der Waals surface area contributed by atoms with Gasteiger partial charge in [0.25, 0.3) is 11.8 Å². The van der Waals surface area contributed by atoms with E-state index in [1.165, 1.54) is 4.90 Å². The Bertz CT molecular complexity index is 1030. The molecule has 1 aliphatic rings. The SMILES string of the molecule is Cc1cccc(C(=O)N(C(=O)c2ccccc2)c2ccccc2OCC2CO2)c1. The van der Waals surface area contributed by atoms with Gasteiger partial charge >= 0.3 is 0 Å². The Morgan fingerprint density at radius 1 is 0.931 bits per heavy atom. The van der Waals surface area contributed by atoms with Gasteiger partial charge in [-0.15, -0.1) is 0 Å². The summed E-state index contributed by atoms with van der Waals surface area (Å²) in [6.45, 7) is 2.95. The molecule has 29 heavy (non-hydrogen) atoms. The first-order valence-corrected chi connectivity index (χ1v) is 9.47. The Hall–Kier alpha value is -3.44. The number of imide groups is 1. The molecule has 1 unspecified atom stereocenters. The average Bonchev–Trinajstić information content (AvgIpc) is 3.58. The number of rotatable bonds is 6. The lowest BCUT2D eigenvalue weighted by Crippen LogP contribution is -2.37. The van der Waals surface area contributed by atoms with Crippen LogP contribution < -0.4 is 9.64 Å². The van der Waals surface area contributed by atoms with Gasteiger partial charge in [-0.2, -0.15) is 0 Å². The van der Waals surface area contributed by atoms with Crippen LogP contribution in [0.25, 0.3) is 0 Å². The monoisotopic (exact) mass is 387 g/mol. The Balaban J connectivity index is 1.76. The normalized spacial score (nSPS) is 14.9. The first-order chi connectivity index (χ1) is 14.1. The number of para-hydroxylation sites is 2. The molecule has 1 aliphatic heterocycles. The van der Waals surface area contributed by atoms with Crippen molar-refractivity contribution in [3.05, 3.63) is 95.6 Å². The molecular formula is C24H21NO4. The molecular weight excluding hydrogens is 366 g/mol. The summed E-state index contributed by atoms with van der Waals surface area (Å²) in [5.41, 5.74) is 2.22. The average molecular weight is 387 g/mol. The van der Waals surface area contributed by atoms with Gasteiger partial charge in [-0.05, 0) is 43.3 Å². The van der Waals surface area contributed by atoms with E-state index in [0.717, 1.165) is 5.56 Å². The number of hydrogen-bond acceptors (Lipinski definition) is 4. The highest BCUT2D eigenvalue weighted by Crippen LogP contribution is 2.31. The van der Waals surface area contributed by atoms with E-state index in [9.17, 15) is 9.59 Å². The van der Waals surface area contributed by atoms with Crippen molar-refractivity contribution >= 4 is 17.5 Å². The summed E-state index contributed by atoms with van der Waals surface area (Å²) in [5, 5.41) is 0. The molecule has 0 bridgehead atoms. The van der Waals surface area contributed by atoms with E-state index in [-0.39, 0.29) is 6.10 Å². The van der Waals surface area contributed by atoms with Gasteiger partial charge in [-0.25, -0.2) is 4.90 Å². The standard InChI is InChI=1S/C24H21NO4/c1-17-8-7-11-19(14-17)24(27)25(23(26)18-9-3-2-4-10-18)21-12-5-6-13-22(21)29-16-20-15-28-20/h2-14,20H,15-16H2,1H3. The molecule has 0 N–H and O–H groups in total. The van der Waals surface area contributed by atoms with Gasteiger partial charge < -0.3 is 9.47 Å². The molecule has 0 spiro atoms. The number of benzene rings is 3. The highest BCUT2D eigenvalue weighted by Gasteiger charge is 2.29. The molecule has 3 aromatic carbocycles. The van der Waals surface area contributed by atoms with Crippen LogP contribution in [0.3, 0.4) is 0 Å². The zero-order valence-corrected chi connectivity index (χ0v) is 16.1. The predicted octanol–water partition coefficient (Wildman–Crippen LogP) is 4.26. The summed E-state index contributed by atoms with van der Waals surface area (Å²) in [6.07, 6.45) is 0.0637. The van der Waals surface area contributed by atoms with Crippen molar-refractivity contribution in [3.8, 4) is 5.75 Å². The van der Waals surface area contributed by atoms with Gasteiger partial charge in [-0.1, -0.05) is 48.0 Å². The van der Waals surface area contributed by atoms with Crippen molar-refractivity contribution in [1.82, 2.24) is 0 Å². The van der Waals surface area contributed by atoms with Crippen LogP contribution in [-0.2, 0) is 4.74 Å². The van der Waals surface area contributed by atoms with E-state index in [1.807, 2.05) is 25.1 Å². The Labute approximate surface area is 169 Å². The molecule has 1 atom stereocenters. The van der Waals surface area contributed by atoms with Crippen molar-refractivity contribution in [3.63, 3.8) is 0 Å². The first-order valence-electron chi connectivity index (χ1n) is 9.47. The summed E-state index contributed by atoms with van der Waals surface area (Å²) in [5.74, 6) is -0.342. The van der Waals surface area contributed by atoms with Crippen molar-refractivity contribution in [2.45, 2.75) is 13.0 Å². The molecule has 1 fully saturated rings. The van der Waals surface area contributed by atoms with Crippen LogP contribution in [0.15, 0.2) is 78.9 Å². The number of aryl methyl sites for hydroxylation is 1. The van der Waals surface area contributed by atoms with E-state index in [0.29, 0.717) is 35.8 Å². The molecule has 0 aromatic heterocycles. The molecule has 1 saturated heterocycles. The largest absolute Gasteiger partial charge is 0.489 e. The number of epoxide rings is 1. The minimum absolute atomic E-state index is 0.0637. The fourth-order valence-corrected chi connectivity index (χ4v) is 3.04. The van der Waals surface area contributed by atoms with E-state index < -0.39 is 11.8 Å². The molecule has 3 aromatic rings. The molecule has 5 heteroatoms. The van der Waals surface area contributed by atoms with E-state index in [4.69, 9.17) is 9.47 Å². The quantitative estimate of drug-likeness (QED) is 0.468. The predicted molar refractivity (Wildman–Crippen MR) is 110 cm³/mol. The van der Waals surface area contributed by atoms with Crippen molar-refractivity contribution in [1.29, 1.82) is 0 Å². The van der Waals surface area contributed by atoms with Crippen LogP contribution >= 0.6 is 0 Å². The molecule has 146 valence electrons. The number of carbonyl (C=O) groups is 2. The first kappa shape index (κ1) is 18.9. The fourth-order valence-electron chi connectivity index (χ4n) is 3.04. The molecule has 2 amide bonds. The summed E-state index contributed by atoms with van der Waals surface area (Å²) in [6, 6.07) is 23.0. The highest BCUT2D eigenvalue weighted by molar-refractivity contribution is 6.26. The lowest BCUT2D eigenvalue weighted by atomic mass is 10.1. The van der Waals surface area contributed by atoms with Crippen molar-refractivity contribution in [2.24, 2.45) is 0 Å². The number of nitrogens with zero attached hydrogens (tertiary/aromatic N) is 1. The maximum absolute atomic E-state index is 13.4. The number of amides is 2. The minimum atomic E-state index is -0.407. The third-order valence-corrected chi connectivity index (χ3v) is 4.63. The topological polar surface area (TPSA) is 59.1 Å². The van der Waals surface area contributed by atoms with Crippen LogP contribution in [0.4, 0.5) is 5.69 Å². The zero-order valence-electron chi connectivity index (χ0n) is 16.1. The minimum Gasteiger partial charge on any atom is -0.489 e. The summed E-state index contributed by atoms with van der Waals surface area (Å²) >= 11 is 0. The number of carbonyl (C=O) groups excluding carboxylic acids is 2. The number of anilines is 1. The van der Waals surface area contributed by atoms with Gasteiger partial charge in [0.05, 0.1) is 12.3 Å². The van der Waals surface area contributed by atoms with Gasteiger partial charge in [0.1, 0.15) is 18.5 Å². The molecule has 1 heterocycles. The summed E-state index contributed by atoms with van der Waals surface area (Å²) in [7, 11) is 0. The maximum atomic E-state index is 13.4. The van der Waals surface area contributed by atoms with E-state index in [1.54, 1.807) is 60.7 Å². The van der Waals surface area contributed by atoms with Crippen molar-refractivity contribution in [2.75, 3.05) is 18.1 Å². The lowest BCUT2D eigenvalue weighted by molar-refractivity contribution is 0.0896. The Morgan fingerprint density at radius 3 is 2.31 bits per heavy atom. The third-order valence-electron chi connectivity index (χ3n) is 4.63. The second kappa shape index (κ2) is 8.29. The molecule has 4 rings (SSSR count). The summed E-state index contributed by atoms with van der Waals surface area (Å²) in [4.78, 5) is 28.0. The third kappa shape index (κ3) is 4.36. The van der Waals surface area contributed by atoms with Gasteiger partial charge in [0, 0.05) is 11.1 Å². The van der Waals surface area contributed by atoms with Crippen LogP contribution in [0.1, 0.15) is 26.3 Å².